The number of nitrogens with one attached hydrogen (secondary N) is 3. The Kier molecular flexibility index (Phi) is 4.08. The van der Waals surface area contributed by atoms with Crippen molar-refractivity contribution in [2.75, 3.05) is 17.7 Å². The van der Waals surface area contributed by atoms with Gasteiger partial charge in [0.1, 0.15) is 5.82 Å². The summed E-state index contributed by atoms with van der Waals surface area (Å²) in [6.07, 6.45) is 6.87. The van der Waals surface area contributed by atoms with Gasteiger partial charge >= 0.3 is 0 Å². The van der Waals surface area contributed by atoms with E-state index >= 15 is 0 Å². The van der Waals surface area contributed by atoms with Gasteiger partial charge in [-0.15, -0.1) is 0 Å². The van der Waals surface area contributed by atoms with Crippen LogP contribution in [0.4, 0.5) is 17.6 Å². The molecule has 5 N–H and O–H groups in total. The summed E-state index contributed by atoms with van der Waals surface area (Å²) in [6.45, 7) is 0.730. The Balaban J connectivity index is 1.38. The molecule has 1 fully saturated rings. The molecule has 4 aromatic rings. The third-order valence-electron chi connectivity index (χ3n) is 4.92. The van der Waals surface area contributed by atoms with Crippen molar-refractivity contribution in [1.29, 1.82) is 0 Å². The number of hydrogen-bond acceptors (Lipinski definition) is 6. The summed E-state index contributed by atoms with van der Waals surface area (Å²) in [4.78, 5) is 11.8. The van der Waals surface area contributed by atoms with Crippen molar-refractivity contribution in [2.24, 2.45) is 5.92 Å². The van der Waals surface area contributed by atoms with E-state index in [1.807, 2.05) is 18.3 Å². The minimum Gasteiger partial charge on any atom is -0.478 e. The lowest BCUT2D eigenvalue weighted by Crippen LogP contribution is -2.05. The Morgan fingerprint density at radius 3 is 3.04 bits per heavy atom. The maximum Gasteiger partial charge on any atom is 0.221 e. The zero-order valence-corrected chi connectivity index (χ0v) is 15.3. The molecule has 0 bridgehead atoms. The fourth-order valence-corrected chi connectivity index (χ4v) is 3.22. The van der Waals surface area contributed by atoms with Crippen LogP contribution in [0.3, 0.4) is 0 Å². The lowest BCUT2D eigenvalue weighted by atomic mass is 10.0. The molecule has 5 rings (SSSR count). The van der Waals surface area contributed by atoms with Gasteiger partial charge in [-0.1, -0.05) is 12.1 Å². The number of aromatic amines is 2. The fraction of sp³-hybridized carbons (Fsp3) is 0.250. The second-order valence-electron chi connectivity index (χ2n) is 7.13. The van der Waals surface area contributed by atoms with Crippen LogP contribution in [-0.4, -0.2) is 31.8 Å². The molecular weight excluding hydrogens is 354 g/mol. The molecular formula is C20H21N7O. The number of nitrogen functional groups attached to an aromatic ring is 1. The van der Waals surface area contributed by atoms with Gasteiger partial charge in [0.05, 0.1) is 6.61 Å². The molecule has 1 saturated carbocycles. The summed E-state index contributed by atoms with van der Waals surface area (Å²) in [5.74, 6) is 2.82. The maximum atomic E-state index is 5.82. The number of nitrogens with zero attached hydrogens (tertiary/aromatic N) is 3. The van der Waals surface area contributed by atoms with E-state index in [4.69, 9.17) is 10.5 Å². The highest BCUT2D eigenvalue weighted by Crippen LogP contribution is 2.30. The average Bonchev–Trinajstić information content (AvgIpc) is 3.20. The Morgan fingerprint density at radius 2 is 2.14 bits per heavy atom. The number of anilines is 3. The maximum absolute atomic E-state index is 5.82. The van der Waals surface area contributed by atoms with E-state index in [1.165, 1.54) is 23.8 Å². The van der Waals surface area contributed by atoms with Crippen molar-refractivity contribution >= 4 is 28.5 Å². The highest BCUT2D eigenvalue weighted by molar-refractivity contribution is 5.83. The molecule has 0 amide bonds. The van der Waals surface area contributed by atoms with Crippen molar-refractivity contribution in [3.63, 3.8) is 0 Å². The number of H-pyrrole nitrogens is 2. The SMILES string of the molecule is Nc1ncc(Cc2cccc3[nH]ccc23)c(Nc2cc(OCC3CC3)[nH]n2)n1. The summed E-state index contributed by atoms with van der Waals surface area (Å²) in [7, 11) is 0. The molecule has 1 aliphatic carbocycles. The lowest BCUT2D eigenvalue weighted by Gasteiger charge is -2.10. The van der Waals surface area contributed by atoms with Gasteiger partial charge in [0.2, 0.25) is 11.8 Å². The minimum absolute atomic E-state index is 0.215. The third-order valence-corrected chi connectivity index (χ3v) is 4.92. The van der Waals surface area contributed by atoms with E-state index in [1.54, 1.807) is 6.20 Å². The lowest BCUT2D eigenvalue weighted by molar-refractivity contribution is 0.288. The summed E-state index contributed by atoms with van der Waals surface area (Å²) < 4.78 is 5.72. The molecule has 0 radical (unpaired) electrons. The van der Waals surface area contributed by atoms with E-state index in [0.717, 1.165) is 17.7 Å². The number of nitrogens with two attached hydrogens (primary N) is 1. The van der Waals surface area contributed by atoms with Gasteiger partial charge in [0, 0.05) is 41.3 Å². The van der Waals surface area contributed by atoms with E-state index < -0.39 is 0 Å². The van der Waals surface area contributed by atoms with Gasteiger partial charge < -0.3 is 20.8 Å². The Bertz CT molecular complexity index is 1110. The van der Waals surface area contributed by atoms with Gasteiger partial charge in [-0.05, 0) is 36.5 Å². The molecule has 0 saturated heterocycles. The van der Waals surface area contributed by atoms with Crippen LogP contribution >= 0.6 is 0 Å². The minimum atomic E-state index is 0.215. The van der Waals surface area contributed by atoms with Crippen LogP contribution in [0.2, 0.25) is 0 Å². The van der Waals surface area contributed by atoms with Gasteiger partial charge in [0.25, 0.3) is 0 Å². The number of ether oxygens (including phenoxy) is 1. The fourth-order valence-electron chi connectivity index (χ4n) is 3.22. The smallest absolute Gasteiger partial charge is 0.221 e. The summed E-state index contributed by atoms with van der Waals surface area (Å²) >= 11 is 0. The molecule has 8 nitrogen and oxygen atoms in total. The molecule has 1 aromatic carbocycles. The zero-order chi connectivity index (χ0) is 18.9. The van der Waals surface area contributed by atoms with E-state index in [2.05, 4.69) is 48.7 Å². The Morgan fingerprint density at radius 1 is 1.21 bits per heavy atom. The highest BCUT2D eigenvalue weighted by Gasteiger charge is 2.22. The van der Waals surface area contributed by atoms with E-state index in [-0.39, 0.29) is 5.95 Å². The first-order valence-electron chi connectivity index (χ1n) is 9.36. The first-order valence-corrected chi connectivity index (χ1v) is 9.36. The Labute approximate surface area is 161 Å². The molecule has 0 atom stereocenters. The highest BCUT2D eigenvalue weighted by atomic mass is 16.5. The van der Waals surface area contributed by atoms with E-state index in [9.17, 15) is 0 Å². The van der Waals surface area contributed by atoms with Gasteiger partial charge in [-0.3, -0.25) is 0 Å². The van der Waals surface area contributed by atoms with Crippen molar-refractivity contribution in [3.8, 4) is 5.88 Å². The summed E-state index contributed by atoms with van der Waals surface area (Å²) in [6, 6.07) is 10.1. The van der Waals surface area contributed by atoms with Gasteiger partial charge in [-0.2, -0.15) is 10.1 Å². The molecule has 8 heteroatoms. The Hall–Kier alpha value is -3.55. The second kappa shape index (κ2) is 6.88. The van der Waals surface area contributed by atoms with Crippen LogP contribution in [0, 0.1) is 5.92 Å². The number of hydrogen-bond donors (Lipinski definition) is 4. The monoisotopic (exact) mass is 375 g/mol. The van der Waals surface area contributed by atoms with Crippen LogP contribution in [0.15, 0.2) is 42.7 Å². The van der Waals surface area contributed by atoms with Crippen molar-refractivity contribution < 1.29 is 4.74 Å². The van der Waals surface area contributed by atoms with E-state index in [0.29, 0.717) is 29.9 Å². The van der Waals surface area contributed by atoms with Gasteiger partial charge in [0.15, 0.2) is 5.82 Å². The normalized spacial score (nSPS) is 13.7. The average molecular weight is 375 g/mol. The van der Waals surface area contributed by atoms with Crippen LogP contribution in [0.25, 0.3) is 10.9 Å². The topological polar surface area (TPSA) is 118 Å². The summed E-state index contributed by atoms with van der Waals surface area (Å²) in [5.41, 5.74) is 9.05. The molecule has 28 heavy (non-hydrogen) atoms. The van der Waals surface area contributed by atoms with Crippen molar-refractivity contribution in [2.45, 2.75) is 19.3 Å². The third kappa shape index (κ3) is 3.48. The van der Waals surface area contributed by atoms with Crippen molar-refractivity contribution in [1.82, 2.24) is 25.1 Å². The standard InChI is InChI=1S/C20H21N7O/c21-20-23-10-14(8-13-2-1-3-16-15(13)6-7-22-16)19(25-20)24-17-9-18(27-26-17)28-11-12-4-5-12/h1-3,6-7,9-10,12,22H,4-5,8,11H2,(H4,21,23,24,25,26,27). The first-order chi connectivity index (χ1) is 13.7. The van der Waals surface area contributed by atoms with Crippen molar-refractivity contribution in [3.05, 3.63) is 53.9 Å². The molecule has 3 aromatic heterocycles. The number of benzene rings is 1. The predicted octanol–water partition coefficient (Wildman–Crippen LogP) is 3.39. The molecule has 0 spiro atoms. The van der Waals surface area contributed by atoms with Crippen LogP contribution in [-0.2, 0) is 6.42 Å². The molecule has 1 aliphatic rings. The zero-order valence-electron chi connectivity index (χ0n) is 15.3. The largest absolute Gasteiger partial charge is 0.478 e. The summed E-state index contributed by atoms with van der Waals surface area (Å²) in [5, 5.41) is 11.6. The molecule has 0 aliphatic heterocycles. The van der Waals surface area contributed by atoms with Crippen LogP contribution in [0.5, 0.6) is 5.88 Å². The van der Waals surface area contributed by atoms with Crippen LogP contribution < -0.4 is 15.8 Å². The van der Waals surface area contributed by atoms with Gasteiger partial charge in [-0.25, -0.2) is 10.1 Å². The first kappa shape index (κ1) is 16.6. The molecule has 0 unspecified atom stereocenters. The molecule has 3 heterocycles. The molecule has 142 valence electrons. The predicted molar refractivity (Wildman–Crippen MR) is 108 cm³/mol. The number of aromatic nitrogens is 5. The number of rotatable bonds is 7. The second-order valence-corrected chi connectivity index (χ2v) is 7.13. The van der Waals surface area contributed by atoms with Crippen LogP contribution in [0.1, 0.15) is 24.0 Å². The number of fused-ring (bicyclic) bond motifs is 1. The quantitative estimate of drug-likeness (QED) is 0.393.